The van der Waals surface area contributed by atoms with Gasteiger partial charge in [0.25, 0.3) is 0 Å². The molecule has 0 radical (unpaired) electrons. The number of rotatable bonds is 6. The third-order valence-corrected chi connectivity index (χ3v) is 5.55. The predicted octanol–water partition coefficient (Wildman–Crippen LogP) is 3.29. The molecule has 0 bridgehead atoms. The third kappa shape index (κ3) is 3.56. The lowest BCUT2D eigenvalue weighted by molar-refractivity contribution is -0.132. The van der Waals surface area contributed by atoms with E-state index in [1.165, 1.54) is 0 Å². The van der Waals surface area contributed by atoms with E-state index in [-0.39, 0.29) is 11.9 Å². The van der Waals surface area contributed by atoms with Gasteiger partial charge < -0.3 is 4.90 Å². The summed E-state index contributed by atoms with van der Waals surface area (Å²) in [6.07, 6.45) is 10.7. The molecule has 146 valence electrons. The number of nitrogens with zero attached hydrogens (tertiary/aromatic N) is 5. The highest BCUT2D eigenvalue weighted by atomic mass is 16.2. The van der Waals surface area contributed by atoms with Crippen LogP contribution in [0.3, 0.4) is 0 Å². The van der Waals surface area contributed by atoms with Gasteiger partial charge in [-0.25, -0.2) is 0 Å². The molecule has 4 heterocycles. The Hall–Kier alpha value is -2.96. The van der Waals surface area contributed by atoms with E-state index in [9.17, 15) is 4.79 Å². The molecule has 0 unspecified atom stereocenters. The van der Waals surface area contributed by atoms with Gasteiger partial charge in [-0.15, -0.1) is 0 Å². The molecule has 0 aromatic carbocycles. The van der Waals surface area contributed by atoms with Gasteiger partial charge in [0.1, 0.15) is 0 Å². The van der Waals surface area contributed by atoms with Crippen molar-refractivity contribution in [3.63, 3.8) is 0 Å². The van der Waals surface area contributed by atoms with Crippen LogP contribution >= 0.6 is 0 Å². The molecule has 0 spiro atoms. The number of likely N-dealkylation sites (tertiary alicyclic amines) is 1. The Bertz CT molecular complexity index is 945. The summed E-state index contributed by atoms with van der Waals surface area (Å²) < 4.78 is 1.93. The van der Waals surface area contributed by atoms with Crippen molar-refractivity contribution >= 4 is 5.91 Å². The van der Waals surface area contributed by atoms with E-state index in [2.05, 4.69) is 33.4 Å². The maximum Gasteiger partial charge on any atom is 0.223 e. The lowest BCUT2D eigenvalue weighted by Gasteiger charge is -2.25. The highest BCUT2D eigenvalue weighted by molar-refractivity contribution is 5.78. The fraction of sp³-hybridized carbons (Fsp3) is 0.429. The van der Waals surface area contributed by atoms with E-state index >= 15 is 0 Å². The summed E-state index contributed by atoms with van der Waals surface area (Å²) >= 11 is 0. The van der Waals surface area contributed by atoms with Gasteiger partial charge in [-0.2, -0.15) is 10.2 Å². The maximum absolute atomic E-state index is 13.0. The van der Waals surface area contributed by atoms with Gasteiger partial charge in [0, 0.05) is 43.7 Å². The van der Waals surface area contributed by atoms with Crippen LogP contribution in [-0.4, -0.2) is 42.3 Å². The quantitative estimate of drug-likeness (QED) is 0.714. The zero-order valence-corrected chi connectivity index (χ0v) is 16.4. The Balaban J connectivity index is 1.49. The van der Waals surface area contributed by atoms with Crippen molar-refractivity contribution in [2.24, 2.45) is 0 Å². The second kappa shape index (κ2) is 7.96. The molecule has 0 saturated carbocycles. The summed E-state index contributed by atoms with van der Waals surface area (Å²) in [5, 5.41) is 11.9. The van der Waals surface area contributed by atoms with Gasteiger partial charge in [-0.1, -0.05) is 0 Å². The van der Waals surface area contributed by atoms with E-state index in [1.54, 1.807) is 12.4 Å². The average molecular weight is 378 g/mol. The van der Waals surface area contributed by atoms with E-state index in [0.29, 0.717) is 6.42 Å². The second-order valence-corrected chi connectivity index (χ2v) is 7.27. The number of hydrogen-bond donors (Lipinski definition) is 1. The van der Waals surface area contributed by atoms with Crippen molar-refractivity contribution in [1.82, 2.24) is 29.9 Å². The minimum atomic E-state index is 0.0534. The number of aromatic nitrogens is 5. The molecule has 1 aliphatic heterocycles. The molecular formula is C21H26N6O. The molecule has 3 aromatic rings. The lowest BCUT2D eigenvalue weighted by atomic mass is 10.0. The topological polar surface area (TPSA) is 79.7 Å². The van der Waals surface area contributed by atoms with Gasteiger partial charge in [0.15, 0.2) is 0 Å². The minimum Gasteiger partial charge on any atom is -0.334 e. The molecule has 0 aliphatic carbocycles. The minimum absolute atomic E-state index is 0.0534. The van der Waals surface area contributed by atoms with Gasteiger partial charge >= 0.3 is 0 Å². The Morgan fingerprint density at radius 2 is 2.14 bits per heavy atom. The number of pyridine rings is 1. The monoisotopic (exact) mass is 378 g/mol. The predicted molar refractivity (Wildman–Crippen MR) is 106 cm³/mol. The number of carbonyl (C=O) groups is 1. The molecule has 28 heavy (non-hydrogen) atoms. The first kappa shape index (κ1) is 18.4. The van der Waals surface area contributed by atoms with Crippen LogP contribution in [0.1, 0.15) is 49.2 Å². The normalized spacial score (nSPS) is 16.6. The summed E-state index contributed by atoms with van der Waals surface area (Å²) in [5.74, 6) is 0.196. The Labute approximate surface area is 164 Å². The van der Waals surface area contributed by atoms with E-state index < -0.39 is 0 Å². The largest absolute Gasteiger partial charge is 0.334 e. The van der Waals surface area contributed by atoms with Crippen LogP contribution in [-0.2, 0) is 17.8 Å². The first-order valence-electron chi connectivity index (χ1n) is 9.93. The molecule has 1 saturated heterocycles. The van der Waals surface area contributed by atoms with E-state index in [4.69, 9.17) is 0 Å². The van der Waals surface area contributed by atoms with Crippen molar-refractivity contribution in [2.75, 3.05) is 6.54 Å². The van der Waals surface area contributed by atoms with Gasteiger partial charge in [0.2, 0.25) is 5.91 Å². The van der Waals surface area contributed by atoms with Crippen molar-refractivity contribution in [2.45, 2.75) is 52.1 Å². The van der Waals surface area contributed by atoms with Crippen molar-refractivity contribution in [3.8, 4) is 11.1 Å². The molecule has 4 rings (SSSR count). The average Bonchev–Trinajstić information content (AvgIpc) is 3.45. The van der Waals surface area contributed by atoms with Crippen LogP contribution < -0.4 is 0 Å². The summed E-state index contributed by atoms with van der Waals surface area (Å²) in [5.41, 5.74) is 5.31. The van der Waals surface area contributed by atoms with Crippen LogP contribution in [0.4, 0.5) is 0 Å². The summed E-state index contributed by atoms with van der Waals surface area (Å²) in [4.78, 5) is 19.1. The van der Waals surface area contributed by atoms with Crippen LogP contribution in [0.15, 0.2) is 36.9 Å². The highest BCUT2D eigenvalue weighted by Gasteiger charge is 2.32. The maximum atomic E-state index is 13.0. The van der Waals surface area contributed by atoms with E-state index in [1.807, 2.05) is 34.8 Å². The van der Waals surface area contributed by atoms with Crippen molar-refractivity contribution in [3.05, 3.63) is 53.9 Å². The number of H-pyrrole nitrogens is 1. The number of amides is 1. The molecular weight excluding hydrogens is 352 g/mol. The van der Waals surface area contributed by atoms with E-state index in [0.717, 1.165) is 60.4 Å². The molecule has 1 atom stereocenters. The molecule has 1 N–H and O–H groups in total. The van der Waals surface area contributed by atoms with Crippen LogP contribution in [0.2, 0.25) is 0 Å². The molecule has 1 aliphatic rings. The Morgan fingerprint density at radius 3 is 2.89 bits per heavy atom. The first-order chi connectivity index (χ1) is 13.7. The Kier molecular flexibility index (Phi) is 5.23. The fourth-order valence-corrected chi connectivity index (χ4v) is 4.03. The number of hydrogen-bond acceptors (Lipinski definition) is 4. The zero-order chi connectivity index (χ0) is 19.5. The van der Waals surface area contributed by atoms with Gasteiger partial charge in [0.05, 0.1) is 23.6 Å². The highest BCUT2D eigenvalue weighted by Crippen LogP contribution is 2.36. The van der Waals surface area contributed by atoms with Crippen LogP contribution in [0.5, 0.6) is 0 Å². The number of carbonyl (C=O) groups excluding carboxylic acids is 1. The summed E-state index contributed by atoms with van der Waals surface area (Å²) in [6, 6.07) is 4.01. The first-order valence-corrected chi connectivity index (χ1v) is 9.93. The number of aryl methyl sites for hydroxylation is 3. The molecule has 7 heteroatoms. The number of nitrogens with one attached hydrogen (secondary N) is 1. The van der Waals surface area contributed by atoms with Gasteiger partial charge in [-0.05, 0) is 56.4 Å². The number of aromatic amines is 1. The zero-order valence-electron chi connectivity index (χ0n) is 16.4. The van der Waals surface area contributed by atoms with Crippen LogP contribution in [0, 0.1) is 6.92 Å². The smallest absolute Gasteiger partial charge is 0.223 e. The van der Waals surface area contributed by atoms with Gasteiger partial charge in [-0.3, -0.25) is 19.6 Å². The SMILES string of the molecule is CCn1cc(CCC(=O)N2CCC[C@H]2c2[nH]ncc2-c2ccncc2)c(C)n1. The van der Waals surface area contributed by atoms with Crippen molar-refractivity contribution < 1.29 is 4.79 Å². The summed E-state index contributed by atoms with van der Waals surface area (Å²) in [6.45, 7) is 5.73. The molecule has 7 nitrogen and oxygen atoms in total. The second-order valence-electron chi connectivity index (χ2n) is 7.27. The lowest BCUT2D eigenvalue weighted by Crippen LogP contribution is -2.31. The molecule has 1 amide bonds. The van der Waals surface area contributed by atoms with Crippen molar-refractivity contribution in [1.29, 1.82) is 0 Å². The molecule has 3 aromatic heterocycles. The van der Waals surface area contributed by atoms with Crippen LogP contribution in [0.25, 0.3) is 11.1 Å². The fourth-order valence-electron chi connectivity index (χ4n) is 4.03. The third-order valence-electron chi connectivity index (χ3n) is 5.55. The molecule has 1 fully saturated rings. The summed E-state index contributed by atoms with van der Waals surface area (Å²) in [7, 11) is 0. The standard InChI is InChI=1S/C21H26N6O/c1-3-26-14-17(15(2)25-26)6-7-20(28)27-12-4-5-19(27)21-18(13-23-24-21)16-8-10-22-11-9-16/h8-11,13-14,19H,3-7,12H2,1-2H3,(H,23,24)/t19-/m0/s1. The Morgan fingerprint density at radius 1 is 1.32 bits per heavy atom.